The molecule has 3 heterocycles. The topological polar surface area (TPSA) is 102 Å². The number of aromatic nitrogens is 2. The molecular formula is C10H15N5O3S2. The molecule has 1 fully saturated rings. The summed E-state index contributed by atoms with van der Waals surface area (Å²) in [6.45, 7) is 2.92. The summed E-state index contributed by atoms with van der Waals surface area (Å²) in [4.78, 5) is 4.77. The average molecular weight is 317 g/mol. The predicted octanol–water partition coefficient (Wildman–Crippen LogP) is 0.0908. The monoisotopic (exact) mass is 317 g/mol. The van der Waals surface area contributed by atoms with E-state index in [0.29, 0.717) is 24.7 Å². The number of nitrogen functional groups attached to an aromatic ring is 1. The molecule has 1 aliphatic rings. The van der Waals surface area contributed by atoms with E-state index in [1.54, 1.807) is 11.6 Å². The number of thiazole rings is 1. The van der Waals surface area contributed by atoms with E-state index in [4.69, 9.17) is 10.6 Å². The van der Waals surface area contributed by atoms with E-state index in [1.807, 2.05) is 6.92 Å². The molecule has 2 aromatic rings. The maximum absolute atomic E-state index is 12.9. The molecule has 1 aliphatic heterocycles. The minimum absolute atomic E-state index is 0.0741. The Hall–Kier alpha value is -1.20. The van der Waals surface area contributed by atoms with Gasteiger partial charge in [-0.3, -0.25) is 4.40 Å². The molecule has 2 aromatic heterocycles. The van der Waals surface area contributed by atoms with Crippen molar-refractivity contribution in [1.29, 1.82) is 0 Å². The van der Waals surface area contributed by atoms with Crippen molar-refractivity contribution in [2.24, 2.45) is 5.84 Å². The lowest BCUT2D eigenvalue weighted by molar-refractivity contribution is 0.0391. The summed E-state index contributed by atoms with van der Waals surface area (Å²) in [6, 6.07) is -0.219. The third-order valence-corrected chi connectivity index (χ3v) is 6.01. The van der Waals surface area contributed by atoms with E-state index in [0.717, 1.165) is 0 Å². The van der Waals surface area contributed by atoms with Crippen molar-refractivity contribution in [2.75, 3.05) is 25.2 Å². The molecule has 0 spiro atoms. The molecule has 0 bridgehead atoms. The number of fused-ring (bicyclic) bond motifs is 1. The zero-order valence-electron chi connectivity index (χ0n) is 10.8. The quantitative estimate of drug-likeness (QED) is 0.614. The standard InChI is InChI=1S/C10H15N5O3S2/c1-7-6-18-4-2-15(7)20(16,17)9-8(13-11)12-10-14(9)3-5-19-10/h3,5,7,13H,2,4,6,11H2,1H3. The fourth-order valence-corrected chi connectivity index (χ4v) is 4.87. The van der Waals surface area contributed by atoms with Crippen LogP contribution >= 0.6 is 11.3 Å². The third kappa shape index (κ3) is 2.00. The van der Waals surface area contributed by atoms with Crippen molar-refractivity contribution in [3.63, 3.8) is 0 Å². The molecule has 3 rings (SSSR count). The second kappa shape index (κ2) is 4.97. The van der Waals surface area contributed by atoms with Gasteiger partial charge in [-0.05, 0) is 6.92 Å². The Morgan fingerprint density at radius 1 is 1.60 bits per heavy atom. The van der Waals surface area contributed by atoms with Crippen molar-refractivity contribution < 1.29 is 13.2 Å². The smallest absolute Gasteiger partial charge is 0.263 e. The summed E-state index contributed by atoms with van der Waals surface area (Å²) in [7, 11) is -3.69. The number of anilines is 1. The second-order valence-electron chi connectivity index (χ2n) is 4.51. The number of hydrogen-bond acceptors (Lipinski definition) is 7. The van der Waals surface area contributed by atoms with Gasteiger partial charge in [-0.1, -0.05) is 0 Å². The zero-order chi connectivity index (χ0) is 14.3. The Balaban J connectivity index is 2.15. The first-order valence-electron chi connectivity index (χ1n) is 6.07. The van der Waals surface area contributed by atoms with Gasteiger partial charge < -0.3 is 10.2 Å². The number of nitrogens with one attached hydrogen (secondary N) is 1. The highest BCUT2D eigenvalue weighted by atomic mass is 32.2. The number of morpholine rings is 1. The Morgan fingerprint density at radius 2 is 2.40 bits per heavy atom. The van der Waals surface area contributed by atoms with E-state index in [9.17, 15) is 8.42 Å². The molecule has 20 heavy (non-hydrogen) atoms. The largest absolute Gasteiger partial charge is 0.378 e. The van der Waals surface area contributed by atoms with Crippen molar-refractivity contribution in [2.45, 2.75) is 18.0 Å². The summed E-state index contributed by atoms with van der Waals surface area (Å²) in [5.74, 6) is 5.57. The van der Waals surface area contributed by atoms with Gasteiger partial charge in [0.15, 0.2) is 10.8 Å². The van der Waals surface area contributed by atoms with Crippen LogP contribution in [-0.2, 0) is 14.8 Å². The van der Waals surface area contributed by atoms with Crippen LogP contribution in [0.1, 0.15) is 6.92 Å². The van der Waals surface area contributed by atoms with Crippen LogP contribution in [0.4, 0.5) is 5.82 Å². The SMILES string of the molecule is CC1COCCN1S(=O)(=O)c1c(NN)nc2sccn12. The minimum Gasteiger partial charge on any atom is -0.378 e. The lowest BCUT2D eigenvalue weighted by atomic mass is 10.3. The van der Waals surface area contributed by atoms with Crippen LogP contribution in [0.15, 0.2) is 16.6 Å². The maximum atomic E-state index is 12.9. The van der Waals surface area contributed by atoms with Crippen LogP contribution in [-0.4, -0.2) is 47.9 Å². The molecule has 8 nitrogen and oxygen atoms in total. The van der Waals surface area contributed by atoms with Crippen molar-refractivity contribution in [3.05, 3.63) is 11.6 Å². The van der Waals surface area contributed by atoms with Gasteiger partial charge in [0, 0.05) is 24.2 Å². The average Bonchev–Trinajstić information content (AvgIpc) is 2.97. The van der Waals surface area contributed by atoms with Crippen molar-refractivity contribution in [3.8, 4) is 0 Å². The van der Waals surface area contributed by atoms with Crippen molar-refractivity contribution in [1.82, 2.24) is 13.7 Å². The molecule has 110 valence electrons. The number of nitrogens with two attached hydrogens (primary N) is 1. The zero-order valence-corrected chi connectivity index (χ0v) is 12.4. The van der Waals surface area contributed by atoms with Gasteiger partial charge in [0.05, 0.1) is 13.2 Å². The van der Waals surface area contributed by atoms with Crippen molar-refractivity contribution >= 4 is 32.1 Å². The molecular weight excluding hydrogens is 302 g/mol. The van der Waals surface area contributed by atoms with E-state index < -0.39 is 10.0 Å². The number of hydrazine groups is 1. The van der Waals surface area contributed by atoms with Gasteiger partial charge in [-0.25, -0.2) is 14.3 Å². The molecule has 1 unspecified atom stereocenters. The molecule has 1 atom stereocenters. The minimum atomic E-state index is -3.69. The number of sulfonamides is 1. The number of imidazole rings is 1. The summed E-state index contributed by atoms with van der Waals surface area (Å²) in [5.41, 5.74) is 2.37. The Labute approximate surface area is 120 Å². The van der Waals surface area contributed by atoms with Gasteiger partial charge in [0.1, 0.15) is 0 Å². The first kappa shape index (κ1) is 13.8. The van der Waals surface area contributed by atoms with Gasteiger partial charge in [0.2, 0.25) is 5.03 Å². The van der Waals surface area contributed by atoms with Crippen LogP contribution in [0.2, 0.25) is 0 Å². The summed E-state index contributed by atoms with van der Waals surface area (Å²) in [5, 5.41) is 1.86. The molecule has 1 saturated heterocycles. The number of nitrogens with zero attached hydrogens (tertiary/aromatic N) is 3. The van der Waals surface area contributed by atoms with E-state index >= 15 is 0 Å². The van der Waals surface area contributed by atoms with Gasteiger partial charge in [-0.2, -0.15) is 9.29 Å². The Morgan fingerprint density at radius 3 is 3.10 bits per heavy atom. The van der Waals surface area contributed by atoms with Crippen LogP contribution in [0, 0.1) is 0 Å². The van der Waals surface area contributed by atoms with Crippen LogP contribution < -0.4 is 11.3 Å². The highest BCUT2D eigenvalue weighted by Crippen LogP contribution is 2.29. The van der Waals surface area contributed by atoms with E-state index in [-0.39, 0.29) is 16.9 Å². The lowest BCUT2D eigenvalue weighted by Crippen LogP contribution is -2.47. The lowest BCUT2D eigenvalue weighted by Gasteiger charge is -2.31. The fourth-order valence-electron chi connectivity index (χ4n) is 2.29. The maximum Gasteiger partial charge on any atom is 0.263 e. The van der Waals surface area contributed by atoms with Gasteiger partial charge in [0.25, 0.3) is 10.0 Å². The number of ether oxygens (including phenoxy) is 1. The summed E-state index contributed by atoms with van der Waals surface area (Å²) in [6.07, 6.45) is 1.67. The van der Waals surface area contributed by atoms with Gasteiger partial charge >= 0.3 is 0 Å². The second-order valence-corrected chi connectivity index (χ2v) is 7.18. The van der Waals surface area contributed by atoms with Crippen LogP contribution in [0.5, 0.6) is 0 Å². The first-order chi connectivity index (χ1) is 9.55. The molecule has 3 N–H and O–H groups in total. The van der Waals surface area contributed by atoms with Gasteiger partial charge in [-0.15, -0.1) is 11.3 Å². The fraction of sp³-hybridized carbons (Fsp3) is 0.500. The highest BCUT2D eigenvalue weighted by molar-refractivity contribution is 7.89. The molecule has 0 saturated carbocycles. The summed E-state index contributed by atoms with van der Waals surface area (Å²) < 4.78 is 34.0. The van der Waals surface area contributed by atoms with E-state index in [1.165, 1.54) is 20.0 Å². The third-order valence-electron chi connectivity index (χ3n) is 3.21. The Kier molecular flexibility index (Phi) is 3.42. The van der Waals surface area contributed by atoms with Crippen LogP contribution in [0.25, 0.3) is 4.96 Å². The normalized spacial score (nSPS) is 21.4. The molecule has 0 amide bonds. The molecule has 0 aliphatic carbocycles. The Bertz CT molecular complexity index is 722. The van der Waals surface area contributed by atoms with Crippen LogP contribution in [0.3, 0.4) is 0 Å². The predicted molar refractivity (Wildman–Crippen MR) is 75.1 cm³/mol. The molecule has 10 heteroatoms. The number of rotatable bonds is 3. The highest BCUT2D eigenvalue weighted by Gasteiger charge is 2.36. The first-order valence-corrected chi connectivity index (χ1v) is 8.39. The summed E-state index contributed by atoms with van der Waals surface area (Å²) >= 11 is 1.35. The molecule has 0 aromatic carbocycles. The molecule has 0 radical (unpaired) electrons. The van der Waals surface area contributed by atoms with E-state index in [2.05, 4.69) is 10.4 Å². The number of hydrogen-bond donors (Lipinski definition) is 2.